The van der Waals surface area contributed by atoms with Crippen molar-refractivity contribution in [1.82, 2.24) is 5.32 Å². The van der Waals surface area contributed by atoms with Crippen molar-refractivity contribution in [1.29, 1.82) is 0 Å². The van der Waals surface area contributed by atoms with Crippen LogP contribution in [0.2, 0.25) is 5.02 Å². The molecule has 2 N–H and O–H groups in total. The van der Waals surface area contributed by atoms with Crippen LogP contribution in [0.25, 0.3) is 0 Å². The van der Waals surface area contributed by atoms with E-state index in [4.69, 9.17) is 11.6 Å². The molecule has 2 aliphatic rings. The molecule has 1 amide bonds. The van der Waals surface area contributed by atoms with E-state index in [1.165, 1.54) is 22.6 Å². The SMILES string of the molecule is CCC(C)(C)[C@H]1CCc2c(sc3c2C(=O)N[C@@H](c2ccc(Cl)c([N+](=O)[O-])c2)N3)C1. The number of nitro groups is 1. The van der Waals surface area contributed by atoms with Gasteiger partial charge in [-0.25, -0.2) is 0 Å². The van der Waals surface area contributed by atoms with E-state index in [9.17, 15) is 14.9 Å². The van der Waals surface area contributed by atoms with Gasteiger partial charge in [0.05, 0.1) is 10.5 Å². The average Bonchev–Trinajstić information content (AvgIpc) is 3.06. The highest BCUT2D eigenvalue weighted by Gasteiger charge is 2.37. The molecule has 0 fully saturated rings. The largest absolute Gasteiger partial charge is 0.353 e. The summed E-state index contributed by atoms with van der Waals surface area (Å²) in [5.41, 5.74) is 2.64. The Morgan fingerprint density at radius 1 is 1.34 bits per heavy atom. The van der Waals surface area contributed by atoms with Gasteiger partial charge in [-0.05, 0) is 42.2 Å². The van der Waals surface area contributed by atoms with Gasteiger partial charge in [0, 0.05) is 16.5 Å². The molecular weight excluding hydrogens is 410 g/mol. The van der Waals surface area contributed by atoms with Crippen molar-refractivity contribution in [3.05, 3.63) is 54.9 Å². The molecule has 154 valence electrons. The summed E-state index contributed by atoms with van der Waals surface area (Å²) >= 11 is 7.58. The van der Waals surface area contributed by atoms with Crippen LogP contribution in [0.3, 0.4) is 0 Å². The van der Waals surface area contributed by atoms with Crippen LogP contribution in [0, 0.1) is 21.4 Å². The summed E-state index contributed by atoms with van der Waals surface area (Å²) in [7, 11) is 0. The highest BCUT2D eigenvalue weighted by Crippen LogP contribution is 2.47. The number of carbonyl (C=O) groups is 1. The van der Waals surface area contributed by atoms with Gasteiger partial charge in [-0.1, -0.05) is 44.9 Å². The van der Waals surface area contributed by atoms with Crippen LogP contribution < -0.4 is 10.6 Å². The number of anilines is 1. The summed E-state index contributed by atoms with van der Waals surface area (Å²) in [6, 6.07) is 4.61. The number of benzene rings is 1. The number of thiophene rings is 1. The van der Waals surface area contributed by atoms with Crippen molar-refractivity contribution in [3.8, 4) is 0 Å². The third-order valence-electron chi connectivity index (χ3n) is 6.56. The molecular formula is C21H24ClN3O3S. The van der Waals surface area contributed by atoms with E-state index in [1.54, 1.807) is 17.4 Å². The first-order valence-corrected chi connectivity index (χ1v) is 11.1. The predicted octanol–water partition coefficient (Wildman–Crippen LogP) is 5.70. The van der Waals surface area contributed by atoms with E-state index >= 15 is 0 Å². The normalized spacial score (nSPS) is 21.0. The van der Waals surface area contributed by atoms with Gasteiger partial charge in [-0.3, -0.25) is 14.9 Å². The maximum atomic E-state index is 12.9. The Bertz CT molecular complexity index is 1000. The Balaban J connectivity index is 1.64. The molecule has 0 unspecified atom stereocenters. The van der Waals surface area contributed by atoms with Gasteiger partial charge in [0.15, 0.2) is 0 Å². The summed E-state index contributed by atoms with van der Waals surface area (Å²) in [5, 5.41) is 18.5. The van der Waals surface area contributed by atoms with Crippen LogP contribution in [0.4, 0.5) is 10.7 Å². The quantitative estimate of drug-likeness (QED) is 0.478. The Labute approximate surface area is 178 Å². The molecule has 0 saturated heterocycles. The molecule has 2 heterocycles. The maximum Gasteiger partial charge on any atom is 0.288 e. The number of amides is 1. The molecule has 8 heteroatoms. The molecule has 4 rings (SSSR count). The number of nitrogens with one attached hydrogen (secondary N) is 2. The topological polar surface area (TPSA) is 84.3 Å². The van der Waals surface area contributed by atoms with Crippen LogP contribution in [0.5, 0.6) is 0 Å². The summed E-state index contributed by atoms with van der Waals surface area (Å²) < 4.78 is 0. The lowest BCUT2D eigenvalue weighted by Crippen LogP contribution is -2.38. The first-order valence-electron chi connectivity index (χ1n) is 9.87. The Morgan fingerprint density at radius 3 is 2.79 bits per heavy atom. The molecule has 0 spiro atoms. The minimum atomic E-state index is -0.519. The Morgan fingerprint density at radius 2 is 2.10 bits per heavy atom. The minimum Gasteiger partial charge on any atom is -0.353 e. The van der Waals surface area contributed by atoms with Crippen LogP contribution in [-0.4, -0.2) is 10.8 Å². The fourth-order valence-electron chi connectivity index (χ4n) is 4.27. The molecule has 0 radical (unpaired) electrons. The lowest BCUT2D eigenvalue weighted by atomic mass is 9.69. The number of nitro benzene ring substituents is 1. The Hall–Kier alpha value is -2.12. The molecule has 6 nitrogen and oxygen atoms in total. The lowest BCUT2D eigenvalue weighted by molar-refractivity contribution is -0.384. The first kappa shape index (κ1) is 20.2. The van der Waals surface area contributed by atoms with Gasteiger partial charge in [-0.2, -0.15) is 0 Å². The summed E-state index contributed by atoms with van der Waals surface area (Å²) in [5.74, 6) is 0.491. The Kier molecular flexibility index (Phi) is 5.07. The maximum absolute atomic E-state index is 12.9. The van der Waals surface area contributed by atoms with E-state index < -0.39 is 11.1 Å². The standard InChI is InChI=1S/C21H24ClN3O3S/c1-4-21(2,3)12-6-7-13-16(10-12)29-20-17(13)19(26)23-18(24-20)11-5-8-14(22)15(9-11)25(27)28/h5,8-9,12,18,24H,4,6-7,10H2,1-3H3,(H,23,26)/t12-,18+/m0/s1. The number of carbonyl (C=O) groups excluding carboxylic acids is 1. The van der Waals surface area contributed by atoms with Gasteiger partial charge in [0.25, 0.3) is 11.6 Å². The van der Waals surface area contributed by atoms with E-state index in [-0.39, 0.29) is 22.0 Å². The van der Waals surface area contributed by atoms with E-state index in [1.807, 2.05) is 0 Å². The van der Waals surface area contributed by atoms with E-state index in [0.29, 0.717) is 11.5 Å². The van der Waals surface area contributed by atoms with E-state index in [2.05, 4.69) is 31.4 Å². The smallest absolute Gasteiger partial charge is 0.288 e. The number of fused-ring (bicyclic) bond motifs is 3. The zero-order valence-corrected chi connectivity index (χ0v) is 18.2. The van der Waals surface area contributed by atoms with Crippen molar-refractivity contribution >= 4 is 39.5 Å². The highest BCUT2D eigenvalue weighted by molar-refractivity contribution is 7.16. The van der Waals surface area contributed by atoms with Gasteiger partial charge in [0.1, 0.15) is 16.2 Å². The molecule has 1 aromatic heterocycles. The second kappa shape index (κ2) is 7.29. The molecule has 2 atom stereocenters. The molecule has 0 saturated carbocycles. The number of halogens is 1. The average molecular weight is 434 g/mol. The predicted molar refractivity (Wildman–Crippen MR) is 116 cm³/mol. The first-order chi connectivity index (χ1) is 13.7. The zero-order valence-electron chi connectivity index (χ0n) is 16.7. The molecule has 1 aliphatic heterocycles. The summed E-state index contributed by atoms with van der Waals surface area (Å²) in [6.07, 6.45) is 3.63. The minimum absolute atomic E-state index is 0.0812. The number of nitrogens with zero attached hydrogens (tertiary/aromatic N) is 1. The summed E-state index contributed by atoms with van der Waals surface area (Å²) in [4.78, 5) is 24.9. The number of rotatable bonds is 4. The fourth-order valence-corrected chi connectivity index (χ4v) is 5.81. The second-order valence-corrected chi connectivity index (χ2v) is 10.0. The van der Waals surface area contributed by atoms with Crippen molar-refractivity contribution in [3.63, 3.8) is 0 Å². The third-order valence-corrected chi connectivity index (χ3v) is 8.07. The second-order valence-electron chi connectivity index (χ2n) is 8.51. The van der Waals surface area contributed by atoms with Gasteiger partial charge < -0.3 is 10.6 Å². The third kappa shape index (κ3) is 3.51. The number of hydrogen-bond donors (Lipinski definition) is 2. The lowest BCUT2D eigenvalue weighted by Gasteiger charge is -2.36. The van der Waals surface area contributed by atoms with Crippen molar-refractivity contribution < 1.29 is 9.72 Å². The summed E-state index contributed by atoms with van der Waals surface area (Å²) in [6.45, 7) is 6.88. The van der Waals surface area contributed by atoms with Crippen LogP contribution >= 0.6 is 22.9 Å². The van der Waals surface area contributed by atoms with E-state index in [0.717, 1.165) is 36.2 Å². The van der Waals surface area contributed by atoms with Crippen molar-refractivity contribution in [2.75, 3.05) is 5.32 Å². The van der Waals surface area contributed by atoms with Crippen LogP contribution in [0.1, 0.15) is 66.1 Å². The molecule has 0 bridgehead atoms. The van der Waals surface area contributed by atoms with Gasteiger partial charge in [-0.15, -0.1) is 11.3 Å². The monoisotopic (exact) mass is 433 g/mol. The molecule has 29 heavy (non-hydrogen) atoms. The van der Waals surface area contributed by atoms with Gasteiger partial charge >= 0.3 is 0 Å². The fraction of sp³-hybridized carbons (Fsp3) is 0.476. The molecule has 1 aromatic carbocycles. The van der Waals surface area contributed by atoms with Crippen molar-refractivity contribution in [2.24, 2.45) is 11.3 Å². The van der Waals surface area contributed by atoms with Crippen LogP contribution in [-0.2, 0) is 12.8 Å². The van der Waals surface area contributed by atoms with Crippen molar-refractivity contribution in [2.45, 2.75) is 52.6 Å². The zero-order chi connectivity index (χ0) is 20.9. The molecule has 1 aliphatic carbocycles. The molecule has 2 aromatic rings. The van der Waals surface area contributed by atoms with Crippen LogP contribution in [0.15, 0.2) is 18.2 Å². The highest BCUT2D eigenvalue weighted by atomic mass is 35.5. The van der Waals surface area contributed by atoms with Gasteiger partial charge in [0.2, 0.25) is 0 Å². The number of hydrogen-bond acceptors (Lipinski definition) is 5.